The van der Waals surface area contributed by atoms with Crippen molar-refractivity contribution in [2.45, 2.75) is 52.7 Å². The summed E-state index contributed by atoms with van der Waals surface area (Å²) >= 11 is 0. The Morgan fingerprint density at radius 2 is 1.91 bits per heavy atom. The standard InChI is InChI=1S/C18H31N3O/c1-5-15(3)21-18(19-6-2)20-13-10-14-22-16(4)17-11-8-7-9-12-17/h7-9,11-12,15-16H,5-6,10,13-14H2,1-4H3,(H2,19,20,21). The normalized spacial score (nSPS) is 14.5. The van der Waals surface area contributed by atoms with Gasteiger partial charge in [0.2, 0.25) is 0 Å². The predicted molar refractivity (Wildman–Crippen MR) is 94.3 cm³/mol. The Bertz CT molecular complexity index is 420. The molecule has 1 aromatic rings. The molecule has 0 aliphatic heterocycles. The van der Waals surface area contributed by atoms with E-state index in [1.165, 1.54) is 5.56 Å². The third kappa shape index (κ3) is 7.46. The van der Waals surface area contributed by atoms with Crippen molar-refractivity contribution in [3.8, 4) is 0 Å². The maximum Gasteiger partial charge on any atom is 0.191 e. The van der Waals surface area contributed by atoms with E-state index in [0.29, 0.717) is 6.04 Å². The first kappa shape index (κ1) is 18.5. The lowest BCUT2D eigenvalue weighted by molar-refractivity contribution is 0.0652. The van der Waals surface area contributed by atoms with Gasteiger partial charge in [-0.1, -0.05) is 37.3 Å². The zero-order valence-corrected chi connectivity index (χ0v) is 14.4. The molecule has 1 aromatic carbocycles. The summed E-state index contributed by atoms with van der Waals surface area (Å²) in [6.07, 6.45) is 2.15. The van der Waals surface area contributed by atoms with Crippen molar-refractivity contribution in [1.82, 2.24) is 10.6 Å². The maximum absolute atomic E-state index is 5.86. The fourth-order valence-corrected chi connectivity index (χ4v) is 1.99. The summed E-state index contributed by atoms with van der Waals surface area (Å²) in [5, 5.41) is 6.66. The summed E-state index contributed by atoms with van der Waals surface area (Å²) in [6, 6.07) is 10.7. The molecule has 0 amide bonds. The molecule has 0 fully saturated rings. The quantitative estimate of drug-likeness (QED) is 0.417. The minimum Gasteiger partial charge on any atom is -0.374 e. The molecule has 2 atom stereocenters. The highest BCUT2D eigenvalue weighted by molar-refractivity contribution is 5.79. The van der Waals surface area contributed by atoms with Gasteiger partial charge in [0.05, 0.1) is 6.10 Å². The van der Waals surface area contributed by atoms with Gasteiger partial charge in [-0.25, -0.2) is 0 Å². The van der Waals surface area contributed by atoms with E-state index in [9.17, 15) is 0 Å². The molecule has 4 heteroatoms. The second kappa shape index (κ2) is 11.1. The van der Waals surface area contributed by atoms with Crippen molar-refractivity contribution in [2.24, 2.45) is 4.99 Å². The maximum atomic E-state index is 5.86. The molecule has 0 aromatic heterocycles. The smallest absolute Gasteiger partial charge is 0.191 e. The van der Waals surface area contributed by atoms with E-state index >= 15 is 0 Å². The van der Waals surface area contributed by atoms with Crippen molar-refractivity contribution >= 4 is 5.96 Å². The largest absolute Gasteiger partial charge is 0.374 e. The van der Waals surface area contributed by atoms with Crippen LogP contribution in [0.15, 0.2) is 35.3 Å². The molecule has 1 rings (SSSR count). The Labute approximate surface area is 135 Å². The summed E-state index contributed by atoms with van der Waals surface area (Å²) < 4.78 is 5.86. The first-order valence-electron chi connectivity index (χ1n) is 8.38. The number of ether oxygens (including phenoxy) is 1. The van der Waals surface area contributed by atoms with Gasteiger partial charge < -0.3 is 15.4 Å². The molecular formula is C18H31N3O. The zero-order chi connectivity index (χ0) is 16.2. The SMILES string of the molecule is CCNC(=NCCCOC(C)c1ccccc1)NC(C)CC. The van der Waals surface area contributed by atoms with E-state index in [0.717, 1.165) is 38.5 Å². The topological polar surface area (TPSA) is 45.7 Å². The predicted octanol–water partition coefficient (Wildman–Crippen LogP) is 3.51. The van der Waals surface area contributed by atoms with Crippen molar-refractivity contribution in [2.75, 3.05) is 19.7 Å². The molecule has 0 spiro atoms. The van der Waals surface area contributed by atoms with Gasteiger partial charge >= 0.3 is 0 Å². The molecule has 0 saturated carbocycles. The Balaban J connectivity index is 2.28. The van der Waals surface area contributed by atoms with Crippen LogP contribution in [-0.2, 0) is 4.74 Å². The third-order valence-corrected chi connectivity index (χ3v) is 3.55. The number of nitrogens with one attached hydrogen (secondary N) is 2. The number of aliphatic imine (C=N–C) groups is 1. The third-order valence-electron chi connectivity index (χ3n) is 3.55. The number of hydrogen-bond acceptors (Lipinski definition) is 2. The number of guanidine groups is 1. The summed E-state index contributed by atoms with van der Waals surface area (Å²) in [5.41, 5.74) is 1.22. The van der Waals surface area contributed by atoms with E-state index in [-0.39, 0.29) is 6.10 Å². The Morgan fingerprint density at radius 3 is 2.55 bits per heavy atom. The molecule has 4 nitrogen and oxygen atoms in total. The molecule has 2 unspecified atom stereocenters. The monoisotopic (exact) mass is 305 g/mol. The van der Waals surface area contributed by atoms with Crippen molar-refractivity contribution in [1.29, 1.82) is 0 Å². The van der Waals surface area contributed by atoms with Gasteiger partial charge in [0.1, 0.15) is 0 Å². The molecule has 0 aliphatic rings. The minimum absolute atomic E-state index is 0.136. The molecule has 0 aliphatic carbocycles. The lowest BCUT2D eigenvalue weighted by atomic mass is 10.1. The van der Waals surface area contributed by atoms with Crippen LogP contribution >= 0.6 is 0 Å². The van der Waals surface area contributed by atoms with Gasteiger partial charge in [0.25, 0.3) is 0 Å². The lowest BCUT2D eigenvalue weighted by Gasteiger charge is -2.16. The fourth-order valence-electron chi connectivity index (χ4n) is 1.99. The van der Waals surface area contributed by atoms with Crippen LogP contribution in [0.1, 0.15) is 52.2 Å². The van der Waals surface area contributed by atoms with Crippen LogP contribution in [0, 0.1) is 0 Å². The van der Waals surface area contributed by atoms with Crippen LogP contribution in [0.25, 0.3) is 0 Å². The number of nitrogens with zero attached hydrogens (tertiary/aromatic N) is 1. The van der Waals surface area contributed by atoms with Crippen LogP contribution in [0.2, 0.25) is 0 Å². The zero-order valence-electron chi connectivity index (χ0n) is 14.4. The van der Waals surface area contributed by atoms with Crippen molar-refractivity contribution in [3.63, 3.8) is 0 Å². The molecule has 22 heavy (non-hydrogen) atoms. The molecule has 2 N–H and O–H groups in total. The van der Waals surface area contributed by atoms with E-state index in [4.69, 9.17) is 4.74 Å². The van der Waals surface area contributed by atoms with Crippen LogP contribution < -0.4 is 10.6 Å². The average Bonchev–Trinajstić information content (AvgIpc) is 2.55. The highest BCUT2D eigenvalue weighted by Gasteiger charge is 2.04. The molecule has 124 valence electrons. The van der Waals surface area contributed by atoms with Gasteiger partial charge in [-0.15, -0.1) is 0 Å². The fraction of sp³-hybridized carbons (Fsp3) is 0.611. The molecule has 0 saturated heterocycles. The summed E-state index contributed by atoms with van der Waals surface area (Å²) in [4.78, 5) is 4.59. The van der Waals surface area contributed by atoms with E-state index in [1.807, 2.05) is 18.2 Å². The van der Waals surface area contributed by atoms with Gasteiger partial charge in [0, 0.05) is 25.7 Å². The lowest BCUT2D eigenvalue weighted by Crippen LogP contribution is -2.42. The van der Waals surface area contributed by atoms with Crippen molar-refractivity contribution < 1.29 is 4.74 Å². The first-order chi connectivity index (χ1) is 10.7. The highest BCUT2D eigenvalue weighted by atomic mass is 16.5. The average molecular weight is 305 g/mol. The second-order valence-electron chi connectivity index (χ2n) is 5.49. The number of hydrogen-bond donors (Lipinski definition) is 2. The highest BCUT2D eigenvalue weighted by Crippen LogP contribution is 2.15. The summed E-state index contributed by atoms with van der Waals surface area (Å²) in [7, 11) is 0. The molecule has 0 radical (unpaired) electrons. The Morgan fingerprint density at radius 1 is 1.18 bits per heavy atom. The van der Waals surface area contributed by atoms with Gasteiger partial charge in [0.15, 0.2) is 5.96 Å². The van der Waals surface area contributed by atoms with Gasteiger partial charge in [-0.2, -0.15) is 0 Å². The van der Waals surface area contributed by atoms with Crippen LogP contribution in [0.5, 0.6) is 0 Å². The Kier molecular flexibility index (Phi) is 9.31. The number of benzene rings is 1. The van der Waals surface area contributed by atoms with E-state index in [1.54, 1.807) is 0 Å². The Hall–Kier alpha value is -1.55. The van der Waals surface area contributed by atoms with Crippen LogP contribution in [0.3, 0.4) is 0 Å². The van der Waals surface area contributed by atoms with Crippen LogP contribution in [-0.4, -0.2) is 31.7 Å². The summed E-state index contributed by atoms with van der Waals surface area (Å²) in [5.74, 6) is 0.896. The minimum atomic E-state index is 0.136. The first-order valence-corrected chi connectivity index (χ1v) is 8.38. The van der Waals surface area contributed by atoms with E-state index < -0.39 is 0 Å². The number of rotatable bonds is 9. The van der Waals surface area contributed by atoms with Gasteiger partial charge in [-0.3, -0.25) is 4.99 Å². The summed E-state index contributed by atoms with van der Waals surface area (Å²) in [6.45, 7) is 10.9. The molecular weight excluding hydrogens is 274 g/mol. The van der Waals surface area contributed by atoms with Gasteiger partial charge in [-0.05, 0) is 39.2 Å². The van der Waals surface area contributed by atoms with E-state index in [2.05, 4.69) is 55.5 Å². The molecule has 0 bridgehead atoms. The second-order valence-corrected chi connectivity index (χ2v) is 5.49. The van der Waals surface area contributed by atoms with Crippen molar-refractivity contribution in [3.05, 3.63) is 35.9 Å². The molecule has 0 heterocycles. The van der Waals surface area contributed by atoms with Crippen LogP contribution in [0.4, 0.5) is 0 Å².